The van der Waals surface area contributed by atoms with Crippen LogP contribution in [0.3, 0.4) is 0 Å². The van der Waals surface area contributed by atoms with Gasteiger partial charge in [-0.25, -0.2) is 9.97 Å². The fourth-order valence-corrected chi connectivity index (χ4v) is 4.55. The Hall–Kier alpha value is -3.97. The SMILES string of the molecule is Nc1ncnc2cc3c(cc12)c(-c1ccc(Oc2ccccc2)cc1)nn3C1CCCNC1. The van der Waals surface area contributed by atoms with E-state index in [4.69, 9.17) is 15.6 Å². The Labute approximate surface area is 191 Å². The molecule has 7 nitrogen and oxygen atoms in total. The van der Waals surface area contributed by atoms with Crippen LogP contribution in [0.4, 0.5) is 5.82 Å². The minimum absolute atomic E-state index is 0.298. The minimum atomic E-state index is 0.298. The number of para-hydroxylation sites is 1. The zero-order valence-corrected chi connectivity index (χ0v) is 18.1. The summed E-state index contributed by atoms with van der Waals surface area (Å²) in [5.41, 5.74) is 10.0. The molecule has 2 aromatic heterocycles. The molecule has 33 heavy (non-hydrogen) atoms. The van der Waals surface area contributed by atoms with Crippen LogP contribution in [0.25, 0.3) is 33.1 Å². The number of nitrogen functional groups attached to an aromatic ring is 1. The summed E-state index contributed by atoms with van der Waals surface area (Å²) in [6.45, 7) is 1.96. The molecule has 0 radical (unpaired) electrons. The average Bonchev–Trinajstić information content (AvgIpc) is 3.23. The van der Waals surface area contributed by atoms with Gasteiger partial charge in [-0.15, -0.1) is 0 Å². The molecule has 3 N–H and O–H groups in total. The van der Waals surface area contributed by atoms with E-state index < -0.39 is 0 Å². The van der Waals surface area contributed by atoms with Crippen molar-refractivity contribution in [2.24, 2.45) is 0 Å². The Morgan fingerprint density at radius 2 is 1.76 bits per heavy atom. The number of rotatable bonds is 4. The number of fused-ring (bicyclic) bond motifs is 2. The predicted octanol–water partition coefficient (Wildman–Crippen LogP) is 4.95. The molecule has 1 saturated heterocycles. The van der Waals surface area contributed by atoms with Gasteiger partial charge in [-0.05, 0) is 67.9 Å². The Balaban J connectivity index is 1.46. The van der Waals surface area contributed by atoms with E-state index in [0.717, 1.165) is 70.5 Å². The third-order valence-electron chi connectivity index (χ3n) is 6.22. The molecule has 6 rings (SSSR count). The summed E-state index contributed by atoms with van der Waals surface area (Å²) in [6.07, 6.45) is 3.74. The lowest BCUT2D eigenvalue weighted by Gasteiger charge is -2.23. The molecule has 7 heteroatoms. The van der Waals surface area contributed by atoms with Gasteiger partial charge in [0.25, 0.3) is 0 Å². The molecule has 0 amide bonds. The first-order chi connectivity index (χ1) is 16.3. The number of aromatic nitrogens is 4. The predicted molar refractivity (Wildman–Crippen MR) is 130 cm³/mol. The first-order valence-corrected chi connectivity index (χ1v) is 11.2. The van der Waals surface area contributed by atoms with Crippen LogP contribution in [0.5, 0.6) is 11.5 Å². The topological polar surface area (TPSA) is 90.9 Å². The molecule has 5 aromatic rings. The number of hydrogen-bond donors (Lipinski definition) is 2. The molecular formula is C26H24N6O. The van der Waals surface area contributed by atoms with Crippen molar-refractivity contribution in [3.8, 4) is 22.8 Å². The lowest BCUT2D eigenvalue weighted by Crippen LogP contribution is -2.32. The molecule has 0 spiro atoms. The largest absolute Gasteiger partial charge is 0.457 e. The Morgan fingerprint density at radius 1 is 0.939 bits per heavy atom. The molecule has 3 heterocycles. The van der Waals surface area contributed by atoms with Gasteiger partial charge in [-0.2, -0.15) is 5.10 Å². The normalized spacial score (nSPS) is 16.3. The molecule has 3 aromatic carbocycles. The van der Waals surface area contributed by atoms with Gasteiger partial charge in [0.15, 0.2) is 0 Å². The van der Waals surface area contributed by atoms with E-state index in [0.29, 0.717) is 11.9 Å². The third kappa shape index (κ3) is 3.66. The third-order valence-corrected chi connectivity index (χ3v) is 6.22. The van der Waals surface area contributed by atoms with E-state index in [1.165, 1.54) is 6.33 Å². The van der Waals surface area contributed by atoms with Crippen molar-refractivity contribution in [2.75, 3.05) is 18.8 Å². The van der Waals surface area contributed by atoms with E-state index in [1.54, 1.807) is 0 Å². The van der Waals surface area contributed by atoms with Crippen LogP contribution < -0.4 is 15.8 Å². The second-order valence-corrected chi connectivity index (χ2v) is 8.38. The number of ether oxygens (including phenoxy) is 1. The zero-order valence-electron chi connectivity index (χ0n) is 18.1. The van der Waals surface area contributed by atoms with Crippen molar-refractivity contribution < 1.29 is 4.74 Å². The summed E-state index contributed by atoms with van der Waals surface area (Å²) in [6, 6.07) is 22.3. The van der Waals surface area contributed by atoms with E-state index >= 15 is 0 Å². The number of hydrogen-bond acceptors (Lipinski definition) is 6. The highest BCUT2D eigenvalue weighted by molar-refractivity contribution is 6.04. The second kappa shape index (κ2) is 8.18. The summed E-state index contributed by atoms with van der Waals surface area (Å²) in [5, 5.41) is 10.5. The molecule has 1 atom stereocenters. The fourth-order valence-electron chi connectivity index (χ4n) is 4.55. The van der Waals surface area contributed by atoms with E-state index in [2.05, 4.69) is 44.2 Å². The van der Waals surface area contributed by atoms with Crippen molar-refractivity contribution in [1.29, 1.82) is 0 Å². The summed E-state index contributed by atoms with van der Waals surface area (Å²) in [4.78, 5) is 8.63. The maximum atomic E-state index is 6.17. The molecular weight excluding hydrogens is 412 g/mol. The van der Waals surface area contributed by atoms with Crippen molar-refractivity contribution >= 4 is 27.6 Å². The Morgan fingerprint density at radius 3 is 2.55 bits per heavy atom. The van der Waals surface area contributed by atoms with Crippen molar-refractivity contribution in [1.82, 2.24) is 25.1 Å². The van der Waals surface area contributed by atoms with Gasteiger partial charge in [0, 0.05) is 22.9 Å². The van der Waals surface area contributed by atoms with Gasteiger partial charge in [0.05, 0.1) is 17.1 Å². The van der Waals surface area contributed by atoms with Crippen LogP contribution >= 0.6 is 0 Å². The van der Waals surface area contributed by atoms with Crippen LogP contribution in [-0.4, -0.2) is 32.8 Å². The van der Waals surface area contributed by atoms with Crippen LogP contribution in [0.2, 0.25) is 0 Å². The Kier molecular flexibility index (Phi) is 4.88. The number of nitrogens with one attached hydrogen (secondary N) is 1. The molecule has 164 valence electrons. The number of benzene rings is 3. The van der Waals surface area contributed by atoms with E-state index in [-0.39, 0.29) is 0 Å². The smallest absolute Gasteiger partial charge is 0.134 e. The lowest BCUT2D eigenvalue weighted by molar-refractivity contribution is 0.355. The molecule has 0 saturated carbocycles. The van der Waals surface area contributed by atoms with Gasteiger partial charge in [-0.1, -0.05) is 18.2 Å². The number of piperidine rings is 1. The highest BCUT2D eigenvalue weighted by Crippen LogP contribution is 2.35. The molecule has 1 aliphatic rings. The van der Waals surface area contributed by atoms with Crippen LogP contribution in [0.1, 0.15) is 18.9 Å². The zero-order chi connectivity index (χ0) is 22.2. The summed E-state index contributed by atoms with van der Waals surface area (Å²) >= 11 is 0. The molecule has 1 unspecified atom stereocenters. The van der Waals surface area contributed by atoms with E-state index in [1.807, 2.05) is 42.5 Å². The van der Waals surface area contributed by atoms with Gasteiger partial charge < -0.3 is 15.8 Å². The van der Waals surface area contributed by atoms with E-state index in [9.17, 15) is 0 Å². The fraction of sp³-hybridized carbons (Fsp3) is 0.192. The van der Waals surface area contributed by atoms with Crippen LogP contribution in [0.15, 0.2) is 73.1 Å². The lowest BCUT2D eigenvalue weighted by atomic mass is 10.0. The van der Waals surface area contributed by atoms with Crippen LogP contribution in [-0.2, 0) is 0 Å². The molecule has 0 bridgehead atoms. The van der Waals surface area contributed by atoms with Crippen molar-refractivity contribution in [3.63, 3.8) is 0 Å². The monoisotopic (exact) mass is 436 g/mol. The van der Waals surface area contributed by atoms with Gasteiger partial charge in [0.1, 0.15) is 29.3 Å². The second-order valence-electron chi connectivity index (χ2n) is 8.38. The van der Waals surface area contributed by atoms with Gasteiger partial charge in [-0.3, -0.25) is 4.68 Å². The summed E-state index contributed by atoms with van der Waals surface area (Å²) < 4.78 is 8.12. The maximum Gasteiger partial charge on any atom is 0.134 e. The molecule has 1 aliphatic heterocycles. The van der Waals surface area contributed by atoms with Crippen molar-refractivity contribution in [3.05, 3.63) is 73.1 Å². The number of nitrogens with two attached hydrogens (primary N) is 1. The van der Waals surface area contributed by atoms with Gasteiger partial charge >= 0.3 is 0 Å². The molecule has 1 fully saturated rings. The standard InChI is InChI=1S/C26H24N6O/c27-26-21-13-22-24(14-23(21)29-16-30-26)32(18-5-4-12-28-15-18)31-25(22)17-8-10-20(11-9-17)33-19-6-2-1-3-7-19/h1-3,6-11,13-14,16,18,28H,4-5,12,15H2,(H2,27,29,30). The summed E-state index contributed by atoms with van der Waals surface area (Å²) in [5.74, 6) is 2.08. The highest BCUT2D eigenvalue weighted by atomic mass is 16.5. The average molecular weight is 437 g/mol. The first kappa shape index (κ1) is 19.7. The highest BCUT2D eigenvalue weighted by Gasteiger charge is 2.22. The Bertz CT molecular complexity index is 1420. The number of nitrogens with zero attached hydrogens (tertiary/aromatic N) is 4. The quantitative estimate of drug-likeness (QED) is 0.414. The first-order valence-electron chi connectivity index (χ1n) is 11.2. The maximum absolute atomic E-state index is 6.17. The van der Waals surface area contributed by atoms with Crippen LogP contribution in [0, 0.1) is 0 Å². The van der Waals surface area contributed by atoms with Gasteiger partial charge in [0.2, 0.25) is 0 Å². The minimum Gasteiger partial charge on any atom is -0.457 e. The van der Waals surface area contributed by atoms with Crippen molar-refractivity contribution in [2.45, 2.75) is 18.9 Å². The molecule has 0 aliphatic carbocycles. The number of anilines is 1. The summed E-state index contributed by atoms with van der Waals surface area (Å²) in [7, 11) is 0.